The van der Waals surface area contributed by atoms with E-state index in [1.54, 1.807) is 22.7 Å². The maximum atomic E-state index is 6.69. The maximum absolute atomic E-state index is 6.69. The van der Waals surface area contributed by atoms with E-state index in [2.05, 4.69) is 411 Å². The first-order valence-electron chi connectivity index (χ1n) is 41.3. The summed E-state index contributed by atoms with van der Waals surface area (Å²) in [7, 11) is 0. The van der Waals surface area contributed by atoms with Gasteiger partial charge in [0.05, 0.1) is 48.9 Å². The number of rotatable bonds is 15. The molecule has 4 aromatic heterocycles. The Morgan fingerprint density at radius 3 is 1.31 bits per heavy atom. The minimum atomic E-state index is -0.288. The van der Waals surface area contributed by atoms with Crippen LogP contribution in [-0.4, -0.2) is 19.9 Å². The Bertz CT molecular complexity index is 7560. The van der Waals surface area contributed by atoms with Crippen molar-refractivity contribution in [2.75, 3.05) is 19.6 Å². The molecule has 10 nitrogen and oxygen atoms in total. The van der Waals surface area contributed by atoms with E-state index >= 15 is 0 Å². The molecule has 0 amide bonds. The Morgan fingerprint density at radius 2 is 0.689 bits per heavy atom. The largest absolute Gasteiger partial charge is 0.436 e. The van der Waals surface area contributed by atoms with E-state index in [4.69, 9.17) is 28.8 Å². The van der Waals surface area contributed by atoms with E-state index in [0.717, 1.165) is 172 Å². The minimum absolute atomic E-state index is 0.288. The van der Waals surface area contributed by atoms with Gasteiger partial charge >= 0.3 is 0 Å². The summed E-state index contributed by atoms with van der Waals surface area (Å²) in [6, 6.07) is 139. The van der Waals surface area contributed by atoms with Crippen molar-refractivity contribution >= 4 is 144 Å². The molecule has 17 aromatic carbocycles. The molecule has 0 bridgehead atoms. The lowest BCUT2D eigenvalue weighted by Crippen LogP contribution is -2.30. The number of fused-ring (bicyclic) bond motifs is 9. The van der Waals surface area contributed by atoms with Crippen LogP contribution in [0.15, 0.2) is 397 Å². The fourth-order valence-electron chi connectivity index (χ4n) is 18.3. The zero-order valence-electron chi connectivity index (χ0n) is 67.2. The lowest BCUT2D eigenvalue weighted by atomic mass is 9.73. The molecular formula is C110H76N8O2S2. The number of anilines is 12. The molecule has 2 aliphatic rings. The van der Waals surface area contributed by atoms with Gasteiger partial charge in [-0.15, -0.1) is 22.7 Å². The molecule has 0 radical (unpaired) electrons. The van der Waals surface area contributed by atoms with Crippen LogP contribution >= 0.6 is 22.7 Å². The highest BCUT2D eigenvalue weighted by Gasteiger charge is 2.40. The molecule has 23 rings (SSSR count). The van der Waals surface area contributed by atoms with E-state index in [0.29, 0.717) is 17.4 Å². The first-order chi connectivity index (χ1) is 59.9. The average molecular weight is 1610 g/mol. The van der Waals surface area contributed by atoms with Gasteiger partial charge in [-0.1, -0.05) is 198 Å². The van der Waals surface area contributed by atoms with Crippen molar-refractivity contribution in [3.8, 4) is 77.4 Å². The molecule has 0 unspecified atom stereocenters. The highest BCUT2D eigenvalue weighted by Crippen LogP contribution is 2.56. The summed E-state index contributed by atoms with van der Waals surface area (Å²) in [5, 5.41) is 4.35. The monoisotopic (exact) mass is 1600 g/mol. The maximum Gasteiger partial charge on any atom is 0.227 e. The number of hydrogen-bond acceptors (Lipinski definition) is 12. The van der Waals surface area contributed by atoms with Crippen LogP contribution in [0.1, 0.15) is 49.9 Å². The van der Waals surface area contributed by atoms with Crippen LogP contribution in [0.2, 0.25) is 0 Å². The second kappa shape index (κ2) is 28.9. The molecule has 0 atom stereocenters. The van der Waals surface area contributed by atoms with Crippen LogP contribution < -0.4 is 19.6 Å². The molecule has 580 valence electrons. The van der Waals surface area contributed by atoms with Crippen LogP contribution in [0.3, 0.4) is 0 Å². The SMILES string of the molecule is CC1(C)c2ccccc2N(c2ccc(-c3ccc(N(c4ccc(-c5nc6cc(-c7ccc(N(c8ccc(-c9nc%10ccccc%10s9)cc8)c8ccc(N9c%10ccccc%10C(C)(C)c%10cc(-c%11nc%12ccccc%12s%11)ccc%109)cc8)c(-c8ccccc8)c7)ccc6o5)cc4)c4ccc5ccccc5c4)cc3)cc2)c2ccc(-c3nc4ccccc4o3)cc21. The second-order valence-electron chi connectivity index (χ2n) is 32.6. The van der Waals surface area contributed by atoms with Crippen LogP contribution in [0, 0.1) is 0 Å². The average Bonchev–Trinajstić information content (AvgIpc) is 0.848. The van der Waals surface area contributed by atoms with Gasteiger partial charge in [0.1, 0.15) is 21.0 Å². The predicted molar refractivity (Wildman–Crippen MR) is 506 cm³/mol. The van der Waals surface area contributed by atoms with Crippen LogP contribution in [0.4, 0.5) is 68.2 Å². The minimum Gasteiger partial charge on any atom is -0.436 e. The molecule has 0 fully saturated rings. The van der Waals surface area contributed by atoms with Gasteiger partial charge < -0.3 is 28.4 Å². The normalized spacial score (nSPS) is 13.2. The number of nitrogens with zero attached hydrogens (tertiary/aromatic N) is 8. The highest BCUT2D eigenvalue weighted by molar-refractivity contribution is 7.22. The van der Waals surface area contributed by atoms with Crippen molar-refractivity contribution in [2.24, 2.45) is 0 Å². The molecule has 0 saturated carbocycles. The summed E-state index contributed by atoms with van der Waals surface area (Å²) in [5.41, 5.74) is 32.8. The Labute approximate surface area is 714 Å². The second-order valence-corrected chi connectivity index (χ2v) is 34.6. The Morgan fingerprint density at radius 1 is 0.262 bits per heavy atom. The summed E-state index contributed by atoms with van der Waals surface area (Å²) in [4.78, 5) is 29.9. The predicted octanol–water partition coefficient (Wildman–Crippen LogP) is 31.2. The lowest BCUT2D eigenvalue weighted by molar-refractivity contribution is 0.615. The molecule has 2 aliphatic heterocycles. The van der Waals surface area contributed by atoms with Gasteiger partial charge in [-0.3, -0.25) is 0 Å². The molecule has 0 aliphatic carbocycles. The smallest absolute Gasteiger partial charge is 0.227 e. The number of para-hydroxylation sites is 6. The zero-order valence-corrected chi connectivity index (χ0v) is 68.8. The van der Waals surface area contributed by atoms with Gasteiger partial charge in [0, 0.05) is 78.5 Å². The third-order valence-corrected chi connectivity index (χ3v) is 26.7. The number of oxazole rings is 2. The third-order valence-electron chi connectivity index (χ3n) is 24.6. The van der Waals surface area contributed by atoms with Crippen molar-refractivity contribution in [1.29, 1.82) is 0 Å². The Balaban J connectivity index is 0.557. The Hall–Kier alpha value is -15.1. The first-order valence-corrected chi connectivity index (χ1v) is 42.9. The van der Waals surface area contributed by atoms with Crippen molar-refractivity contribution in [3.63, 3.8) is 0 Å². The van der Waals surface area contributed by atoms with E-state index in [-0.39, 0.29) is 10.8 Å². The Kier molecular flexibility index (Phi) is 17.1. The van der Waals surface area contributed by atoms with Gasteiger partial charge in [-0.05, 0) is 279 Å². The van der Waals surface area contributed by atoms with Crippen molar-refractivity contribution in [3.05, 3.63) is 411 Å². The van der Waals surface area contributed by atoms with E-state index in [1.165, 1.54) is 32.3 Å². The molecule has 21 aromatic rings. The van der Waals surface area contributed by atoms with Gasteiger partial charge in [-0.25, -0.2) is 19.9 Å². The summed E-state index contributed by atoms with van der Waals surface area (Å²) in [6.45, 7) is 9.32. The van der Waals surface area contributed by atoms with E-state index < -0.39 is 0 Å². The third kappa shape index (κ3) is 12.4. The first kappa shape index (κ1) is 72.2. The molecule has 6 heterocycles. The highest BCUT2D eigenvalue weighted by atomic mass is 32.1. The van der Waals surface area contributed by atoms with Crippen LogP contribution in [0.25, 0.3) is 131 Å². The number of aromatic nitrogens is 4. The summed E-state index contributed by atoms with van der Waals surface area (Å²) in [5.74, 6) is 1.16. The molecular weight excluding hydrogens is 1530 g/mol. The van der Waals surface area contributed by atoms with Gasteiger partial charge in [0.15, 0.2) is 11.2 Å². The summed E-state index contributed by atoms with van der Waals surface area (Å²) < 4.78 is 15.3. The zero-order chi connectivity index (χ0) is 81.3. The van der Waals surface area contributed by atoms with Crippen LogP contribution in [-0.2, 0) is 10.8 Å². The summed E-state index contributed by atoms with van der Waals surface area (Å²) in [6.07, 6.45) is 0. The van der Waals surface area contributed by atoms with Gasteiger partial charge in [0.2, 0.25) is 11.8 Å². The quantitative estimate of drug-likeness (QED) is 0.0988. The van der Waals surface area contributed by atoms with E-state index in [9.17, 15) is 0 Å². The molecule has 0 N–H and O–H groups in total. The fraction of sp³-hybridized carbons (Fsp3) is 0.0545. The van der Waals surface area contributed by atoms with Crippen molar-refractivity contribution < 1.29 is 8.83 Å². The van der Waals surface area contributed by atoms with Gasteiger partial charge in [-0.2, -0.15) is 0 Å². The van der Waals surface area contributed by atoms with Gasteiger partial charge in [0.25, 0.3) is 0 Å². The molecule has 122 heavy (non-hydrogen) atoms. The molecule has 0 saturated heterocycles. The number of thiazole rings is 2. The number of benzene rings is 17. The van der Waals surface area contributed by atoms with Crippen molar-refractivity contribution in [2.45, 2.75) is 38.5 Å². The lowest BCUT2D eigenvalue weighted by Gasteiger charge is -2.42. The number of hydrogen-bond donors (Lipinski definition) is 0. The summed E-state index contributed by atoms with van der Waals surface area (Å²) >= 11 is 3.46. The topological polar surface area (TPSA) is 90.8 Å². The molecule has 12 heteroatoms. The molecule has 0 spiro atoms. The van der Waals surface area contributed by atoms with Crippen LogP contribution in [0.5, 0.6) is 0 Å². The van der Waals surface area contributed by atoms with E-state index in [1.807, 2.05) is 24.3 Å². The standard InChI is InChI=1S/C110H76N8O2S2/c1-109(2)88-24-10-15-29-97(88)117(99-61-44-78(66-90(99)109)106-111-92-26-12-17-31-101(92)119-106)84-49-36-71(37-50-84)70-34-47-80(48-35-70)115(86-55-38-69-20-8-9-23-75(69)64-86)81-51-39-73(40-52-81)105-112-95-68-77(46-63-102(95)120-105)76-43-60-96(87(65-76)72-21-6-5-7-22-72)116(82-53-41-74(42-54-82)107-113-93-27-13-18-32-103(93)121-107)83-56-58-85(59-57-83)118-98-30-16-11-25-89(98)110(3,4)91-67-79(45-62-100(91)118)108-114-94-28-14-19-33-104(94)122-108/h5-68H,1-4H3. The van der Waals surface area contributed by atoms with Crippen molar-refractivity contribution in [1.82, 2.24) is 19.9 Å². The fourth-order valence-corrected chi connectivity index (χ4v) is 20.2.